The number of ether oxygens (including phenoxy) is 3. The van der Waals surface area contributed by atoms with Crippen molar-refractivity contribution in [1.29, 1.82) is 0 Å². The third kappa shape index (κ3) is 6.04. The summed E-state index contributed by atoms with van der Waals surface area (Å²) in [6.45, 7) is 8.13. The van der Waals surface area contributed by atoms with Gasteiger partial charge in [0, 0.05) is 0 Å². The van der Waals surface area contributed by atoms with Crippen LogP contribution in [-0.2, 0) is 0 Å². The molecule has 1 N–H and O–H groups in total. The van der Waals surface area contributed by atoms with E-state index in [0.717, 1.165) is 38.5 Å². The van der Waals surface area contributed by atoms with E-state index in [4.69, 9.17) is 14.2 Å². The van der Waals surface area contributed by atoms with Crippen molar-refractivity contribution in [2.24, 2.45) is 0 Å². The van der Waals surface area contributed by atoms with Gasteiger partial charge in [-0.2, -0.15) is 0 Å². The molecule has 4 heteroatoms. The topological polar surface area (TPSA) is 47.9 Å². The average molecular weight is 310 g/mol. The van der Waals surface area contributed by atoms with Crippen LogP contribution in [0.4, 0.5) is 0 Å². The Bertz CT molecular complexity index is 418. The molecule has 0 radical (unpaired) electrons. The molecule has 22 heavy (non-hydrogen) atoms. The van der Waals surface area contributed by atoms with Crippen LogP contribution in [0.25, 0.3) is 0 Å². The molecule has 0 bridgehead atoms. The quantitative estimate of drug-likeness (QED) is 0.556. The summed E-state index contributed by atoms with van der Waals surface area (Å²) in [6, 6.07) is 3.36. The highest BCUT2D eigenvalue weighted by atomic mass is 16.5. The second-order valence-corrected chi connectivity index (χ2v) is 5.35. The molecule has 1 rings (SSSR count). The average Bonchev–Trinajstić information content (AvgIpc) is 2.52. The highest BCUT2D eigenvalue weighted by Crippen LogP contribution is 2.44. The van der Waals surface area contributed by atoms with Gasteiger partial charge in [0.2, 0.25) is 11.5 Å². The lowest BCUT2D eigenvalue weighted by Crippen LogP contribution is -2.06. The van der Waals surface area contributed by atoms with E-state index in [1.165, 1.54) is 0 Å². The zero-order valence-electron chi connectivity index (χ0n) is 14.2. The molecule has 0 aromatic heterocycles. The van der Waals surface area contributed by atoms with Crippen molar-refractivity contribution in [1.82, 2.24) is 0 Å². The second kappa shape index (κ2) is 11.0. The minimum atomic E-state index is 0.102. The van der Waals surface area contributed by atoms with Crippen molar-refractivity contribution in [2.45, 2.75) is 59.3 Å². The fraction of sp³-hybridized carbons (Fsp3) is 0.667. The van der Waals surface area contributed by atoms with Gasteiger partial charge in [0.1, 0.15) is 0 Å². The van der Waals surface area contributed by atoms with E-state index in [0.29, 0.717) is 37.1 Å². The van der Waals surface area contributed by atoms with Gasteiger partial charge in [-0.05, 0) is 31.4 Å². The Morgan fingerprint density at radius 3 is 1.77 bits per heavy atom. The van der Waals surface area contributed by atoms with E-state index < -0.39 is 0 Å². The van der Waals surface area contributed by atoms with Gasteiger partial charge in [-0.15, -0.1) is 0 Å². The predicted molar refractivity (Wildman–Crippen MR) is 89.3 cm³/mol. The van der Waals surface area contributed by atoms with Crippen LogP contribution >= 0.6 is 0 Å². The molecule has 0 aliphatic rings. The van der Waals surface area contributed by atoms with Gasteiger partial charge in [0.15, 0.2) is 11.5 Å². The largest absolute Gasteiger partial charge is 0.504 e. The maximum absolute atomic E-state index is 10.1. The maximum atomic E-state index is 10.1. The number of unbranched alkanes of at least 4 members (excludes halogenated alkanes) is 3. The van der Waals surface area contributed by atoms with Crippen LogP contribution in [0.1, 0.15) is 59.3 Å². The molecule has 0 atom stereocenters. The molecular formula is C18H30O4. The molecule has 126 valence electrons. The van der Waals surface area contributed by atoms with Crippen molar-refractivity contribution in [3.8, 4) is 23.0 Å². The molecule has 0 aliphatic carbocycles. The highest BCUT2D eigenvalue weighted by molar-refractivity contribution is 5.58. The smallest absolute Gasteiger partial charge is 0.207 e. The number of phenols is 1. The highest BCUT2D eigenvalue weighted by Gasteiger charge is 2.17. The van der Waals surface area contributed by atoms with Crippen LogP contribution in [0, 0.1) is 0 Å². The zero-order chi connectivity index (χ0) is 16.2. The van der Waals surface area contributed by atoms with E-state index >= 15 is 0 Å². The Morgan fingerprint density at radius 2 is 1.23 bits per heavy atom. The van der Waals surface area contributed by atoms with Crippen LogP contribution in [0.3, 0.4) is 0 Å². The summed E-state index contributed by atoms with van der Waals surface area (Å²) >= 11 is 0. The molecule has 0 fully saturated rings. The van der Waals surface area contributed by atoms with Crippen molar-refractivity contribution < 1.29 is 19.3 Å². The lowest BCUT2D eigenvalue weighted by Gasteiger charge is -2.17. The first-order valence-corrected chi connectivity index (χ1v) is 8.48. The third-order valence-electron chi connectivity index (χ3n) is 3.30. The Balaban J connectivity index is 2.89. The Morgan fingerprint density at radius 1 is 0.727 bits per heavy atom. The summed E-state index contributed by atoms with van der Waals surface area (Å²) in [5.74, 6) is 1.68. The van der Waals surface area contributed by atoms with E-state index in [-0.39, 0.29) is 5.75 Å². The summed E-state index contributed by atoms with van der Waals surface area (Å²) < 4.78 is 17.4. The molecule has 0 unspecified atom stereocenters. The van der Waals surface area contributed by atoms with Crippen LogP contribution in [0.5, 0.6) is 23.0 Å². The van der Waals surface area contributed by atoms with E-state index in [2.05, 4.69) is 20.8 Å². The lowest BCUT2D eigenvalue weighted by molar-refractivity contribution is 0.230. The number of aromatic hydroxyl groups is 1. The van der Waals surface area contributed by atoms with Gasteiger partial charge >= 0.3 is 0 Å². The van der Waals surface area contributed by atoms with E-state index in [1.54, 1.807) is 12.1 Å². The van der Waals surface area contributed by atoms with Gasteiger partial charge < -0.3 is 19.3 Å². The minimum Gasteiger partial charge on any atom is -0.504 e. The van der Waals surface area contributed by atoms with E-state index in [1.807, 2.05) is 0 Å². The van der Waals surface area contributed by atoms with Crippen LogP contribution in [-0.4, -0.2) is 24.9 Å². The Hall–Kier alpha value is -1.58. The normalized spacial score (nSPS) is 10.5. The molecule has 0 aliphatic heterocycles. The monoisotopic (exact) mass is 310 g/mol. The molecular weight excluding hydrogens is 280 g/mol. The van der Waals surface area contributed by atoms with Gasteiger partial charge in [0.05, 0.1) is 19.8 Å². The molecule has 0 amide bonds. The maximum Gasteiger partial charge on any atom is 0.207 e. The summed E-state index contributed by atoms with van der Waals surface area (Å²) in [4.78, 5) is 0. The van der Waals surface area contributed by atoms with Crippen molar-refractivity contribution in [3.05, 3.63) is 12.1 Å². The van der Waals surface area contributed by atoms with E-state index in [9.17, 15) is 5.11 Å². The fourth-order valence-electron chi connectivity index (χ4n) is 1.89. The lowest BCUT2D eigenvalue weighted by atomic mass is 10.2. The SMILES string of the molecule is CCCCOc1ccc(O)c(OCCCC)c1OCCCC. The van der Waals surface area contributed by atoms with Crippen LogP contribution in [0.2, 0.25) is 0 Å². The molecule has 1 aromatic carbocycles. The van der Waals surface area contributed by atoms with Crippen molar-refractivity contribution in [3.63, 3.8) is 0 Å². The predicted octanol–water partition coefficient (Wildman–Crippen LogP) is 4.93. The number of rotatable bonds is 12. The Kier molecular flexibility index (Phi) is 9.28. The molecule has 0 spiro atoms. The standard InChI is InChI=1S/C18H30O4/c1-4-7-12-20-16-11-10-15(19)17(21-13-8-5-2)18(16)22-14-9-6-3/h10-11,19H,4-9,12-14H2,1-3H3. The third-order valence-corrected chi connectivity index (χ3v) is 3.30. The van der Waals surface area contributed by atoms with Crippen LogP contribution in [0.15, 0.2) is 12.1 Å². The van der Waals surface area contributed by atoms with Crippen LogP contribution < -0.4 is 14.2 Å². The second-order valence-electron chi connectivity index (χ2n) is 5.35. The van der Waals surface area contributed by atoms with Gasteiger partial charge in [-0.1, -0.05) is 40.0 Å². The molecule has 0 saturated carbocycles. The number of hydrogen-bond acceptors (Lipinski definition) is 4. The Labute approximate surface area is 134 Å². The molecule has 0 heterocycles. The minimum absolute atomic E-state index is 0.102. The summed E-state index contributed by atoms with van der Waals surface area (Å²) in [6.07, 6.45) is 6.05. The molecule has 1 aromatic rings. The number of benzene rings is 1. The summed E-state index contributed by atoms with van der Waals surface area (Å²) in [5.41, 5.74) is 0. The first-order chi connectivity index (χ1) is 10.7. The van der Waals surface area contributed by atoms with Gasteiger partial charge in [-0.25, -0.2) is 0 Å². The zero-order valence-corrected chi connectivity index (χ0v) is 14.2. The fourth-order valence-corrected chi connectivity index (χ4v) is 1.89. The molecule has 0 saturated heterocycles. The first kappa shape index (κ1) is 18.5. The van der Waals surface area contributed by atoms with Crippen molar-refractivity contribution in [2.75, 3.05) is 19.8 Å². The van der Waals surface area contributed by atoms with Gasteiger partial charge in [-0.3, -0.25) is 0 Å². The summed E-state index contributed by atoms with van der Waals surface area (Å²) in [7, 11) is 0. The summed E-state index contributed by atoms with van der Waals surface area (Å²) in [5, 5.41) is 10.1. The van der Waals surface area contributed by atoms with Crippen molar-refractivity contribution >= 4 is 0 Å². The molecule has 4 nitrogen and oxygen atoms in total. The van der Waals surface area contributed by atoms with Gasteiger partial charge in [0.25, 0.3) is 0 Å². The first-order valence-electron chi connectivity index (χ1n) is 8.48. The number of phenolic OH excluding ortho intramolecular Hbond substituents is 1. The number of hydrogen-bond donors (Lipinski definition) is 1.